The molecular formula is C12H10F5NO2. The van der Waals surface area contributed by atoms with E-state index in [1.54, 1.807) is 0 Å². The predicted molar refractivity (Wildman–Crippen MR) is 58.4 cm³/mol. The first-order valence-corrected chi connectivity index (χ1v) is 5.66. The van der Waals surface area contributed by atoms with Crippen LogP contribution < -0.4 is 0 Å². The summed E-state index contributed by atoms with van der Waals surface area (Å²) >= 11 is 0. The first-order valence-electron chi connectivity index (χ1n) is 5.66. The molecule has 1 aliphatic rings. The fraction of sp³-hybridized carbons (Fsp3) is 0.417. The number of nitrogens with zero attached hydrogens (tertiary/aromatic N) is 1. The lowest BCUT2D eigenvalue weighted by Crippen LogP contribution is -2.55. The van der Waals surface area contributed by atoms with Gasteiger partial charge in [0.05, 0.1) is 11.5 Å². The summed E-state index contributed by atoms with van der Waals surface area (Å²) in [6.45, 7) is -0.660. The zero-order valence-corrected chi connectivity index (χ0v) is 9.99. The largest absolute Gasteiger partial charge is 0.465 e. The fourth-order valence-corrected chi connectivity index (χ4v) is 1.98. The summed E-state index contributed by atoms with van der Waals surface area (Å²) in [6, 6.07) is 2.65. The van der Waals surface area contributed by atoms with Gasteiger partial charge in [0.2, 0.25) is 0 Å². The summed E-state index contributed by atoms with van der Waals surface area (Å²) in [5, 5.41) is 8.57. The molecule has 0 aliphatic carbocycles. The molecule has 0 radical (unpaired) electrons. The molecule has 3 nitrogen and oxygen atoms in total. The Morgan fingerprint density at radius 2 is 1.50 bits per heavy atom. The quantitative estimate of drug-likeness (QED) is 0.849. The number of hydrogen-bond acceptors (Lipinski definition) is 1. The Kier molecular flexibility index (Phi) is 3.35. The Balaban J connectivity index is 2.13. The van der Waals surface area contributed by atoms with Crippen molar-refractivity contribution in [3.05, 3.63) is 35.4 Å². The Labute approximate surface area is 110 Å². The minimum atomic E-state index is -4.58. The van der Waals surface area contributed by atoms with Crippen LogP contribution >= 0.6 is 0 Å². The fourth-order valence-electron chi connectivity index (χ4n) is 1.98. The molecule has 20 heavy (non-hydrogen) atoms. The molecule has 1 fully saturated rings. The van der Waals surface area contributed by atoms with E-state index in [1.807, 2.05) is 0 Å². The number of rotatable bonds is 2. The third kappa shape index (κ3) is 2.54. The maximum Gasteiger partial charge on any atom is 0.416 e. The summed E-state index contributed by atoms with van der Waals surface area (Å²) < 4.78 is 64.9. The number of alkyl halides is 5. The van der Waals surface area contributed by atoms with Crippen molar-refractivity contribution >= 4 is 6.09 Å². The van der Waals surface area contributed by atoms with E-state index in [0.29, 0.717) is 12.1 Å². The molecule has 110 valence electrons. The van der Waals surface area contributed by atoms with E-state index in [2.05, 4.69) is 0 Å². The maximum atomic E-state index is 14.0. The van der Waals surface area contributed by atoms with Gasteiger partial charge in [0.15, 0.2) is 0 Å². The molecule has 1 aliphatic heterocycles. The van der Waals surface area contributed by atoms with E-state index in [0.717, 1.165) is 17.0 Å². The van der Waals surface area contributed by atoms with E-state index in [4.69, 9.17) is 5.11 Å². The van der Waals surface area contributed by atoms with Crippen LogP contribution in [0.3, 0.4) is 0 Å². The lowest BCUT2D eigenvalue weighted by molar-refractivity contribution is -0.138. The molecular weight excluding hydrogens is 285 g/mol. The number of halogens is 5. The van der Waals surface area contributed by atoms with Crippen LogP contribution in [-0.2, 0) is 12.1 Å². The molecule has 1 aromatic rings. The highest BCUT2D eigenvalue weighted by Gasteiger charge is 2.49. The van der Waals surface area contributed by atoms with Gasteiger partial charge in [-0.2, -0.15) is 13.2 Å². The van der Waals surface area contributed by atoms with Gasteiger partial charge in [-0.15, -0.1) is 0 Å². The van der Waals surface area contributed by atoms with Gasteiger partial charge in [0, 0.05) is 18.7 Å². The Hall–Kier alpha value is -1.86. The van der Waals surface area contributed by atoms with Crippen LogP contribution in [-0.4, -0.2) is 29.2 Å². The summed E-state index contributed by atoms with van der Waals surface area (Å²) in [5.41, 5.74) is -1.54. The van der Waals surface area contributed by atoms with E-state index < -0.39 is 35.2 Å². The number of carboxylic acid groups (broad SMARTS) is 1. The number of amides is 1. The SMILES string of the molecule is O=C(O)N1CC(C(F)(F)c2ccc(C(F)(F)F)cc2)C1. The third-order valence-electron chi connectivity index (χ3n) is 3.26. The van der Waals surface area contributed by atoms with Gasteiger partial charge in [-0.1, -0.05) is 12.1 Å². The second-order valence-corrected chi connectivity index (χ2v) is 4.58. The summed E-state index contributed by atoms with van der Waals surface area (Å²) in [5.74, 6) is -4.56. The zero-order chi connectivity index (χ0) is 15.1. The highest BCUT2D eigenvalue weighted by Crippen LogP contribution is 2.41. The Morgan fingerprint density at radius 3 is 1.90 bits per heavy atom. The number of likely N-dealkylation sites (tertiary alicyclic amines) is 1. The molecule has 1 amide bonds. The van der Waals surface area contributed by atoms with Gasteiger partial charge in [-0.05, 0) is 12.1 Å². The maximum absolute atomic E-state index is 14.0. The molecule has 0 bridgehead atoms. The third-order valence-corrected chi connectivity index (χ3v) is 3.26. The molecule has 1 saturated heterocycles. The smallest absolute Gasteiger partial charge is 0.416 e. The lowest BCUT2D eigenvalue weighted by atomic mass is 9.88. The number of benzene rings is 1. The zero-order valence-electron chi connectivity index (χ0n) is 9.99. The standard InChI is InChI=1S/C12H10F5NO2/c13-11(14,9-5-18(6-9)10(19)20)7-1-3-8(4-2-7)12(15,16)17/h1-4,9H,5-6H2,(H,19,20). The summed E-state index contributed by atoms with van der Waals surface area (Å²) in [6.07, 6.45) is -5.87. The second-order valence-electron chi connectivity index (χ2n) is 4.58. The monoisotopic (exact) mass is 295 g/mol. The molecule has 0 saturated carbocycles. The van der Waals surface area contributed by atoms with Crippen molar-refractivity contribution in [3.8, 4) is 0 Å². The van der Waals surface area contributed by atoms with Crippen LogP contribution in [0.15, 0.2) is 24.3 Å². The molecule has 1 heterocycles. The van der Waals surface area contributed by atoms with Crippen molar-refractivity contribution in [2.75, 3.05) is 13.1 Å². The van der Waals surface area contributed by atoms with Crippen LogP contribution in [0.2, 0.25) is 0 Å². The topological polar surface area (TPSA) is 40.5 Å². The van der Waals surface area contributed by atoms with E-state index >= 15 is 0 Å². The number of hydrogen-bond donors (Lipinski definition) is 1. The second kappa shape index (κ2) is 4.60. The van der Waals surface area contributed by atoms with Crippen LogP contribution in [0.25, 0.3) is 0 Å². The van der Waals surface area contributed by atoms with Crippen molar-refractivity contribution in [2.24, 2.45) is 5.92 Å². The molecule has 0 unspecified atom stereocenters. The van der Waals surface area contributed by atoms with Gasteiger partial charge in [-0.25, -0.2) is 13.6 Å². The summed E-state index contributed by atoms with van der Waals surface area (Å²) in [7, 11) is 0. The van der Waals surface area contributed by atoms with Crippen molar-refractivity contribution in [2.45, 2.75) is 12.1 Å². The predicted octanol–water partition coefficient (Wildman–Crippen LogP) is 3.41. The van der Waals surface area contributed by atoms with Crippen LogP contribution in [0, 0.1) is 5.92 Å². The van der Waals surface area contributed by atoms with Crippen molar-refractivity contribution < 1.29 is 31.9 Å². The first-order chi connectivity index (χ1) is 9.12. The molecule has 8 heteroatoms. The highest BCUT2D eigenvalue weighted by molar-refractivity contribution is 5.66. The van der Waals surface area contributed by atoms with E-state index in [1.165, 1.54) is 0 Å². The van der Waals surface area contributed by atoms with Gasteiger partial charge in [-0.3, -0.25) is 0 Å². The van der Waals surface area contributed by atoms with Crippen molar-refractivity contribution in [1.82, 2.24) is 4.90 Å². The van der Waals surface area contributed by atoms with Crippen LogP contribution in [0.4, 0.5) is 26.7 Å². The average molecular weight is 295 g/mol. The van der Waals surface area contributed by atoms with Crippen LogP contribution in [0.1, 0.15) is 11.1 Å². The molecule has 0 atom stereocenters. The molecule has 1 N–H and O–H groups in total. The highest BCUT2D eigenvalue weighted by atomic mass is 19.4. The van der Waals surface area contributed by atoms with E-state index in [-0.39, 0.29) is 13.1 Å². The Morgan fingerprint density at radius 1 is 1.05 bits per heavy atom. The Bertz CT molecular complexity index is 506. The van der Waals surface area contributed by atoms with Gasteiger partial charge in [0.25, 0.3) is 5.92 Å². The van der Waals surface area contributed by atoms with Crippen molar-refractivity contribution in [3.63, 3.8) is 0 Å². The van der Waals surface area contributed by atoms with Gasteiger partial charge < -0.3 is 10.0 Å². The average Bonchev–Trinajstić information content (AvgIpc) is 2.25. The summed E-state index contributed by atoms with van der Waals surface area (Å²) in [4.78, 5) is 11.3. The molecule has 1 aromatic carbocycles. The van der Waals surface area contributed by atoms with Gasteiger partial charge in [0.1, 0.15) is 0 Å². The van der Waals surface area contributed by atoms with E-state index in [9.17, 15) is 26.7 Å². The first kappa shape index (κ1) is 14.5. The molecule has 2 rings (SSSR count). The minimum Gasteiger partial charge on any atom is -0.465 e. The number of carbonyl (C=O) groups is 1. The lowest BCUT2D eigenvalue weighted by Gasteiger charge is -2.41. The molecule has 0 aromatic heterocycles. The van der Waals surface area contributed by atoms with Crippen molar-refractivity contribution in [1.29, 1.82) is 0 Å². The molecule has 0 spiro atoms. The van der Waals surface area contributed by atoms with Gasteiger partial charge >= 0.3 is 12.3 Å². The normalized spacial score (nSPS) is 16.9. The van der Waals surface area contributed by atoms with Crippen LogP contribution in [0.5, 0.6) is 0 Å². The minimum absolute atomic E-state index is 0.330.